The molecule has 3 N–H and O–H groups in total. The van der Waals surface area contributed by atoms with Crippen LogP contribution in [0.1, 0.15) is 39.7 Å². The summed E-state index contributed by atoms with van der Waals surface area (Å²) < 4.78 is 5.33. The number of carbonyl (C=O) groups is 1. The Morgan fingerprint density at radius 3 is 2.64 bits per heavy atom. The van der Waals surface area contributed by atoms with Crippen molar-refractivity contribution < 1.29 is 9.32 Å². The molecular formula is C18H22N4O2S. The van der Waals surface area contributed by atoms with Crippen molar-refractivity contribution in [1.82, 2.24) is 15.5 Å². The number of carbonyl (C=O) groups excluding carboxylic acids is 1. The summed E-state index contributed by atoms with van der Waals surface area (Å²) in [4.78, 5) is 19.7. The maximum Gasteiger partial charge on any atom is 0.259 e. The fraction of sp³-hybridized carbons (Fsp3) is 0.389. The highest BCUT2D eigenvalue weighted by Crippen LogP contribution is 2.32. The largest absolute Gasteiger partial charge is 0.350 e. The Hall–Kier alpha value is -2.25. The molecule has 25 heavy (non-hydrogen) atoms. The van der Waals surface area contributed by atoms with Crippen LogP contribution in [0.4, 0.5) is 0 Å². The topological polar surface area (TPSA) is 94.0 Å². The van der Waals surface area contributed by atoms with Crippen LogP contribution in [0.2, 0.25) is 0 Å². The summed E-state index contributed by atoms with van der Waals surface area (Å²) in [6.45, 7) is 9.99. The lowest BCUT2D eigenvalue weighted by molar-refractivity contribution is 0.0947. The molecule has 6 nitrogen and oxygen atoms in total. The van der Waals surface area contributed by atoms with Crippen LogP contribution in [-0.2, 0) is 0 Å². The minimum atomic E-state index is -0.491. The predicted molar refractivity (Wildman–Crippen MR) is 99.9 cm³/mol. The van der Waals surface area contributed by atoms with Gasteiger partial charge in [-0.3, -0.25) is 4.79 Å². The van der Waals surface area contributed by atoms with Gasteiger partial charge in [0.2, 0.25) is 0 Å². The molecule has 0 saturated carbocycles. The third-order valence-electron chi connectivity index (χ3n) is 3.88. The third kappa shape index (κ3) is 3.57. The fourth-order valence-electron chi connectivity index (χ4n) is 2.70. The molecule has 0 aliphatic heterocycles. The summed E-state index contributed by atoms with van der Waals surface area (Å²) in [5, 5.41) is 7.50. The molecule has 0 bridgehead atoms. The highest BCUT2D eigenvalue weighted by molar-refractivity contribution is 7.12. The van der Waals surface area contributed by atoms with E-state index in [1.54, 1.807) is 24.3 Å². The molecule has 0 radical (unpaired) electrons. The molecule has 0 spiro atoms. The molecule has 0 aliphatic carbocycles. The number of aromatic nitrogens is 2. The minimum absolute atomic E-state index is 0.205. The van der Waals surface area contributed by atoms with Crippen LogP contribution in [0.25, 0.3) is 22.4 Å². The number of thiophene rings is 1. The quantitative estimate of drug-likeness (QED) is 0.746. The molecular weight excluding hydrogens is 336 g/mol. The summed E-state index contributed by atoms with van der Waals surface area (Å²) in [6, 6.07) is 3.88. The van der Waals surface area contributed by atoms with Crippen LogP contribution in [0, 0.1) is 20.8 Å². The van der Waals surface area contributed by atoms with E-state index in [1.165, 1.54) is 4.88 Å². The van der Waals surface area contributed by atoms with Gasteiger partial charge < -0.3 is 15.6 Å². The minimum Gasteiger partial charge on any atom is -0.350 e. The molecule has 3 aromatic heterocycles. The maximum absolute atomic E-state index is 12.8. The van der Waals surface area contributed by atoms with Gasteiger partial charge in [0.15, 0.2) is 0 Å². The summed E-state index contributed by atoms with van der Waals surface area (Å²) in [6.07, 6.45) is 0. The lowest BCUT2D eigenvalue weighted by Gasteiger charge is -2.19. The molecule has 3 heterocycles. The average molecular weight is 358 g/mol. The number of rotatable bonds is 4. The molecule has 0 aliphatic rings. The standard InChI is InChI=1S/C18H22N4O2S/c1-9-6-12(11(3)25-9)14-7-13(16(23)20-8-18(4,5)19)15-10(2)22-24-17(15)21-14/h6-7H,8,19H2,1-5H3,(H,20,23). The highest BCUT2D eigenvalue weighted by atomic mass is 32.1. The molecule has 132 valence electrons. The molecule has 0 atom stereocenters. The maximum atomic E-state index is 12.8. The second-order valence-electron chi connectivity index (χ2n) is 7.00. The number of hydrogen-bond acceptors (Lipinski definition) is 6. The summed E-state index contributed by atoms with van der Waals surface area (Å²) in [5.74, 6) is -0.205. The van der Waals surface area contributed by atoms with Gasteiger partial charge in [-0.2, -0.15) is 0 Å². The Kier molecular flexibility index (Phi) is 4.38. The first-order valence-electron chi connectivity index (χ1n) is 8.07. The number of aryl methyl sites for hydroxylation is 3. The molecule has 1 amide bonds. The van der Waals surface area contributed by atoms with E-state index in [4.69, 9.17) is 10.3 Å². The van der Waals surface area contributed by atoms with Crippen molar-refractivity contribution in [2.75, 3.05) is 6.54 Å². The number of nitrogens with zero attached hydrogens (tertiary/aromatic N) is 2. The van der Waals surface area contributed by atoms with Gasteiger partial charge in [-0.05, 0) is 46.8 Å². The van der Waals surface area contributed by atoms with Crippen LogP contribution in [0.5, 0.6) is 0 Å². The summed E-state index contributed by atoms with van der Waals surface area (Å²) >= 11 is 1.70. The van der Waals surface area contributed by atoms with Crippen molar-refractivity contribution in [2.45, 2.75) is 40.2 Å². The Morgan fingerprint density at radius 1 is 1.32 bits per heavy atom. The van der Waals surface area contributed by atoms with E-state index in [2.05, 4.69) is 28.4 Å². The molecule has 0 fully saturated rings. The van der Waals surface area contributed by atoms with E-state index in [0.717, 1.165) is 10.4 Å². The number of hydrogen-bond donors (Lipinski definition) is 2. The van der Waals surface area contributed by atoms with Crippen molar-refractivity contribution in [1.29, 1.82) is 0 Å². The summed E-state index contributed by atoms with van der Waals surface area (Å²) in [7, 11) is 0. The van der Waals surface area contributed by atoms with Gasteiger partial charge in [-0.25, -0.2) is 4.98 Å². The SMILES string of the molecule is Cc1cc(-c2cc(C(=O)NCC(C)(C)N)c3c(C)noc3n2)c(C)s1. The van der Waals surface area contributed by atoms with Crippen LogP contribution in [0.3, 0.4) is 0 Å². The number of nitrogens with one attached hydrogen (secondary N) is 1. The Bertz CT molecular complexity index is 950. The van der Waals surface area contributed by atoms with E-state index in [0.29, 0.717) is 34.6 Å². The first-order chi connectivity index (χ1) is 11.7. The zero-order chi connectivity index (χ0) is 18.4. The van der Waals surface area contributed by atoms with Gasteiger partial charge in [0, 0.05) is 27.4 Å². The lowest BCUT2D eigenvalue weighted by Crippen LogP contribution is -2.45. The van der Waals surface area contributed by atoms with Gasteiger partial charge in [-0.1, -0.05) is 5.16 Å². The van der Waals surface area contributed by atoms with Crippen molar-refractivity contribution >= 4 is 28.3 Å². The fourth-order valence-corrected chi connectivity index (χ4v) is 3.63. The Morgan fingerprint density at radius 2 is 2.04 bits per heavy atom. The molecule has 3 aromatic rings. The smallest absolute Gasteiger partial charge is 0.259 e. The van der Waals surface area contributed by atoms with Gasteiger partial charge >= 0.3 is 0 Å². The number of pyridine rings is 1. The van der Waals surface area contributed by atoms with Crippen LogP contribution in [0.15, 0.2) is 16.7 Å². The monoisotopic (exact) mass is 358 g/mol. The van der Waals surface area contributed by atoms with Crippen LogP contribution in [-0.4, -0.2) is 28.1 Å². The zero-order valence-electron chi connectivity index (χ0n) is 15.1. The summed E-state index contributed by atoms with van der Waals surface area (Å²) in [5.41, 5.74) is 8.72. The van der Waals surface area contributed by atoms with Crippen molar-refractivity contribution in [3.05, 3.63) is 33.1 Å². The van der Waals surface area contributed by atoms with Crippen molar-refractivity contribution in [3.8, 4) is 11.3 Å². The second kappa shape index (κ2) is 6.24. The van der Waals surface area contributed by atoms with E-state index < -0.39 is 5.54 Å². The Balaban J connectivity index is 2.11. The average Bonchev–Trinajstić information content (AvgIpc) is 3.05. The van der Waals surface area contributed by atoms with Crippen LogP contribution >= 0.6 is 11.3 Å². The van der Waals surface area contributed by atoms with Gasteiger partial charge in [0.25, 0.3) is 11.6 Å². The molecule has 7 heteroatoms. The van der Waals surface area contributed by atoms with E-state index in [1.807, 2.05) is 20.8 Å². The van der Waals surface area contributed by atoms with Crippen LogP contribution < -0.4 is 11.1 Å². The van der Waals surface area contributed by atoms with E-state index in [-0.39, 0.29) is 5.91 Å². The van der Waals surface area contributed by atoms with Crippen molar-refractivity contribution in [2.24, 2.45) is 5.73 Å². The van der Waals surface area contributed by atoms with Crippen molar-refractivity contribution in [3.63, 3.8) is 0 Å². The molecule has 0 aromatic carbocycles. The Labute approximate surface area is 150 Å². The predicted octanol–water partition coefficient (Wildman–Crippen LogP) is 3.34. The first kappa shape index (κ1) is 17.6. The second-order valence-corrected chi connectivity index (χ2v) is 8.46. The first-order valence-corrected chi connectivity index (χ1v) is 8.89. The number of amides is 1. The van der Waals surface area contributed by atoms with Gasteiger partial charge in [0.05, 0.1) is 22.3 Å². The van der Waals surface area contributed by atoms with E-state index >= 15 is 0 Å². The number of fused-ring (bicyclic) bond motifs is 1. The van der Waals surface area contributed by atoms with Gasteiger partial charge in [0.1, 0.15) is 0 Å². The normalized spacial score (nSPS) is 11.9. The molecule has 3 rings (SSSR count). The van der Waals surface area contributed by atoms with E-state index in [9.17, 15) is 4.79 Å². The lowest BCUT2D eigenvalue weighted by atomic mass is 10.0. The third-order valence-corrected chi connectivity index (χ3v) is 4.85. The van der Waals surface area contributed by atoms with Gasteiger partial charge in [-0.15, -0.1) is 11.3 Å². The zero-order valence-corrected chi connectivity index (χ0v) is 15.9. The number of nitrogens with two attached hydrogens (primary N) is 1. The highest BCUT2D eigenvalue weighted by Gasteiger charge is 2.21. The molecule has 0 saturated heterocycles. The molecule has 0 unspecified atom stereocenters.